The van der Waals surface area contributed by atoms with Crippen LogP contribution in [0.4, 0.5) is 25.1 Å². The summed E-state index contributed by atoms with van der Waals surface area (Å²) in [4.78, 5) is 27.2. The molecule has 3 N–H and O–H groups in total. The predicted octanol–water partition coefficient (Wildman–Crippen LogP) is 3.52. The fraction of sp³-hybridized carbons (Fsp3) is 0.524. The Morgan fingerprint density at radius 2 is 1.87 bits per heavy atom. The van der Waals surface area contributed by atoms with Gasteiger partial charge in [-0.1, -0.05) is 32.0 Å². The van der Waals surface area contributed by atoms with Crippen molar-refractivity contribution >= 4 is 17.8 Å². The third kappa shape index (κ3) is 6.05. The number of nitrogens with zero attached hydrogens (tertiary/aromatic N) is 4. The second-order valence-corrected chi connectivity index (χ2v) is 8.07. The van der Waals surface area contributed by atoms with E-state index < -0.39 is 11.7 Å². The number of amides is 1. The van der Waals surface area contributed by atoms with Gasteiger partial charge in [0.2, 0.25) is 17.8 Å². The van der Waals surface area contributed by atoms with Crippen LogP contribution in [0, 0.1) is 5.92 Å². The summed E-state index contributed by atoms with van der Waals surface area (Å²) in [5.74, 6) is 1.41. The van der Waals surface area contributed by atoms with E-state index in [0.29, 0.717) is 24.9 Å². The van der Waals surface area contributed by atoms with Crippen molar-refractivity contribution in [2.75, 3.05) is 23.7 Å². The van der Waals surface area contributed by atoms with Crippen molar-refractivity contribution in [1.82, 2.24) is 20.3 Å². The van der Waals surface area contributed by atoms with Gasteiger partial charge in [-0.2, -0.15) is 28.1 Å². The van der Waals surface area contributed by atoms with Crippen LogP contribution in [0.5, 0.6) is 0 Å². The molecule has 1 aromatic heterocycles. The first-order valence-electron chi connectivity index (χ1n) is 10.3. The second kappa shape index (κ2) is 9.49. The molecule has 1 aliphatic rings. The number of nitrogens with one attached hydrogen (secondary N) is 1. The van der Waals surface area contributed by atoms with Crippen LogP contribution in [0.25, 0.3) is 0 Å². The quantitative estimate of drug-likeness (QED) is 0.719. The van der Waals surface area contributed by atoms with Gasteiger partial charge in [0, 0.05) is 32.0 Å². The maximum Gasteiger partial charge on any atom is 0.416 e. The van der Waals surface area contributed by atoms with Crippen LogP contribution >= 0.6 is 0 Å². The highest BCUT2D eigenvalue weighted by atomic mass is 19.4. The van der Waals surface area contributed by atoms with Crippen LogP contribution in [0.1, 0.15) is 56.0 Å². The molecule has 1 aromatic carbocycles. The van der Waals surface area contributed by atoms with Crippen molar-refractivity contribution in [3.63, 3.8) is 0 Å². The first kappa shape index (κ1) is 22.8. The van der Waals surface area contributed by atoms with Gasteiger partial charge in [-0.25, -0.2) is 0 Å². The summed E-state index contributed by atoms with van der Waals surface area (Å²) in [6, 6.07) is 5.28. The Kier molecular flexibility index (Phi) is 6.97. The fourth-order valence-electron chi connectivity index (χ4n) is 3.61. The van der Waals surface area contributed by atoms with E-state index in [0.717, 1.165) is 18.9 Å². The van der Waals surface area contributed by atoms with Crippen molar-refractivity contribution in [2.24, 2.45) is 5.92 Å². The minimum atomic E-state index is -4.44. The maximum absolute atomic E-state index is 13.1. The Bertz CT molecular complexity index is 910. The average Bonchev–Trinajstić information content (AvgIpc) is 2.72. The van der Waals surface area contributed by atoms with E-state index in [1.807, 2.05) is 18.7 Å². The molecule has 7 nitrogen and oxygen atoms in total. The lowest BCUT2D eigenvalue weighted by atomic mass is 9.93. The molecule has 0 unspecified atom stereocenters. The van der Waals surface area contributed by atoms with E-state index in [2.05, 4.69) is 20.3 Å². The van der Waals surface area contributed by atoms with Crippen molar-refractivity contribution in [3.05, 3.63) is 41.2 Å². The van der Waals surface area contributed by atoms with Crippen LogP contribution in [0.3, 0.4) is 0 Å². The zero-order chi connectivity index (χ0) is 22.6. The van der Waals surface area contributed by atoms with Crippen LogP contribution in [0.15, 0.2) is 24.3 Å². The predicted molar refractivity (Wildman–Crippen MR) is 111 cm³/mol. The maximum atomic E-state index is 13.1. The summed E-state index contributed by atoms with van der Waals surface area (Å²) in [5, 5.41) is 2.63. The third-order valence-electron chi connectivity index (χ3n) is 5.34. The number of aromatic nitrogens is 3. The Hall–Kier alpha value is -2.91. The number of piperidine rings is 1. The molecular formula is C21H27F3N6O. The van der Waals surface area contributed by atoms with Gasteiger partial charge in [-0.15, -0.1) is 0 Å². The van der Waals surface area contributed by atoms with Gasteiger partial charge in [0.1, 0.15) is 5.82 Å². The van der Waals surface area contributed by atoms with E-state index in [-0.39, 0.29) is 42.2 Å². The van der Waals surface area contributed by atoms with Gasteiger partial charge in [0.15, 0.2) is 0 Å². The molecule has 0 spiro atoms. The smallest absolute Gasteiger partial charge is 0.368 e. The molecule has 10 heteroatoms. The van der Waals surface area contributed by atoms with E-state index >= 15 is 0 Å². The van der Waals surface area contributed by atoms with Crippen LogP contribution in [-0.2, 0) is 17.5 Å². The molecule has 0 bridgehead atoms. The zero-order valence-corrected chi connectivity index (χ0v) is 17.6. The molecule has 168 valence electrons. The minimum absolute atomic E-state index is 0.0616. The molecule has 0 saturated carbocycles. The second-order valence-electron chi connectivity index (χ2n) is 8.07. The van der Waals surface area contributed by atoms with E-state index in [1.165, 1.54) is 18.2 Å². The molecule has 1 amide bonds. The molecule has 2 heterocycles. The number of benzene rings is 1. The Labute approximate surface area is 179 Å². The molecule has 2 aromatic rings. The number of halogens is 3. The molecule has 31 heavy (non-hydrogen) atoms. The molecule has 3 rings (SSSR count). The fourth-order valence-corrected chi connectivity index (χ4v) is 3.61. The number of rotatable bonds is 6. The Morgan fingerprint density at radius 1 is 1.19 bits per heavy atom. The first-order valence-corrected chi connectivity index (χ1v) is 10.3. The number of hydrogen-bond acceptors (Lipinski definition) is 6. The molecule has 1 fully saturated rings. The van der Waals surface area contributed by atoms with Crippen molar-refractivity contribution in [3.8, 4) is 0 Å². The van der Waals surface area contributed by atoms with Gasteiger partial charge >= 0.3 is 6.18 Å². The van der Waals surface area contributed by atoms with E-state index in [4.69, 9.17) is 5.73 Å². The van der Waals surface area contributed by atoms with Crippen molar-refractivity contribution in [2.45, 2.75) is 51.7 Å². The monoisotopic (exact) mass is 436 g/mol. The van der Waals surface area contributed by atoms with Gasteiger partial charge in [0.25, 0.3) is 0 Å². The van der Waals surface area contributed by atoms with Crippen LogP contribution < -0.4 is 16.0 Å². The van der Waals surface area contributed by atoms with Crippen molar-refractivity contribution in [1.29, 1.82) is 0 Å². The third-order valence-corrected chi connectivity index (χ3v) is 5.34. The van der Waals surface area contributed by atoms with Crippen LogP contribution in [-0.4, -0.2) is 33.9 Å². The summed E-state index contributed by atoms with van der Waals surface area (Å²) in [5.41, 5.74) is 5.14. The molecule has 0 aliphatic carbocycles. The summed E-state index contributed by atoms with van der Waals surface area (Å²) in [6.45, 7) is 5.17. The standard InChI is InChI=1S/C21H27F3N6O/c1-13(2)18-27-19(25)29-20(28-18)30-9-7-14(8-10-30)11-17(31)26-12-15-5-3-4-6-16(15)21(22,23)24/h3-6,13-14H,7-12H2,1-2H3,(H,26,31)(H2,25,27,28,29). The molecular weight excluding hydrogens is 409 g/mol. The largest absolute Gasteiger partial charge is 0.416 e. The lowest BCUT2D eigenvalue weighted by Crippen LogP contribution is -2.37. The summed E-state index contributed by atoms with van der Waals surface area (Å²) in [7, 11) is 0. The minimum Gasteiger partial charge on any atom is -0.368 e. The molecule has 1 saturated heterocycles. The van der Waals surface area contributed by atoms with Crippen LogP contribution in [0.2, 0.25) is 0 Å². The SMILES string of the molecule is CC(C)c1nc(N)nc(N2CCC(CC(=O)NCc3ccccc3C(F)(F)F)CC2)n1. The number of alkyl halides is 3. The summed E-state index contributed by atoms with van der Waals surface area (Å²) < 4.78 is 39.2. The highest BCUT2D eigenvalue weighted by molar-refractivity contribution is 5.76. The number of anilines is 2. The number of nitrogen functional groups attached to an aromatic ring is 1. The number of carbonyl (C=O) groups excluding carboxylic acids is 1. The van der Waals surface area contributed by atoms with E-state index in [9.17, 15) is 18.0 Å². The molecule has 0 radical (unpaired) electrons. The highest BCUT2D eigenvalue weighted by Crippen LogP contribution is 2.32. The number of hydrogen-bond donors (Lipinski definition) is 2. The summed E-state index contributed by atoms with van der Waals surface area (Å²) >= 11 is 0. The number of nitrogens with two attached hydrogens (primary N) is 1. The number of carbonyl (C=O) groups is 1. The Morgan fingerprint density at radius 3 is 2.52 bits per heavy atom. The summed E-state index contributed by atoms with van der Waals surface area (Å²) in [6.07, 6.45) is -2.65. The van der Waals surface area contributed by atoms with E-state index in [1.54, 1.807) is 0 Å². The van der Waals surface area contributed by atoms with Gasteiger partial charge in [-0.05, 0) is 30.4 Å². The van der Waals surface area contributed by atoms with Gasteiger partial charge < -0.3 is 16.0 Å². The molecule has 1 aliphatic heterocycles. The van der Waals surface area contributed by atoms with Gasteiger partial charge in [-0.3, -0.25) is 4.79 Å². The average molecular weight is 436 g/mol. The first-order chi connectivity index (χ1) is 14.6. The highest BCUT2D eigenvalue weighted by Gasteiger charge is 2.33. The topological polar surface area (TPSA) is 97.0 Å². The Balaban J connectivity index is 1.51. The normalized spacial score (nSPS) is 15.4. The lowest BCUT2D eigenvalue weighted by Gasteiger charge is -2.32. The van der Waals surface area contributed by atoms with Gasteiger partial charge in [0.05, 0.1) is 5.56 Å². The van der Waals surface area contributed by atoms with Crippen molar-refractivity contribution < 1.29 is 18.0 Å². The zero-order valence-electron chi connectivity index (χ0n) is 17.6. The molecule has 0 atom stereocenters. The lowest BCUT2D eigenvalue weighted by molar-refractivity contribution is -0.138.